The number of carbonyl (C=O) groups excluding carboxylic acids is 1. The highest BCUT2D eigenvalue weighted by atomic mass is 32.2. The highest BCUT2D eigenvalue weighted by Crippen LogP contribution is 2.39. The maximum absolute atomic E-state index is 13.0. The molecule has 1 heterocycles. The number of anilines is 1. The monoisotopic (exact) mass is 415 g/mol. The number of benzene rings is 2. The van der Waals surface area contributed by atoms with E-state index in [-0.39, 0.29) is 12.0 Å². The van der Waals surface area contributed by atoms with Crippen molar-refractivity contribution in [2.24, 2.45) is 0 Å². The molecule has 0 bridgehead atoms. The van der Waals surface area contributed by atoms with Crippen molar-refractivity contribution in [3.8, 4) is 10.9 Å². The van der Waals surface area contributed by atoms with Gasteiger partial charge in [-0.1, -0.05) is 47.2 Å². The molecule has 1 unspecified atom stereocenters. The van der Waals surface area contributed by atoms with E-state index >= 15 is 0 Å². The second kappa shape index (κ2) is 9.57. The molecule has 0 aliphatic heterocycles. The molecule has 0 saturated carbocycles. The summed E-state index contributed by atoms with van der Waals surface area (Å²) in [6.45, 7) is 3.87. The molecule has 3 rings (SSSR count). The van der Waals surface area contributed by atoms with Crippen molar-refractivity contribution in [2.45, 2.75) is 29.5 Å². The lowest BCUT2D eigenvalue weighted by atomic mass is 10.1. The van der Waals surface area contributed by atoms with Crippen molar-refractivity contribution in [1.82, 2.24) is 10.2 Å². The molecule has 0 aliphatic rings. The lowest BCUT2D eigenvalue weighted by Gasteiger charge is -2.15. The zero-order valence-electron chi connectivity index (χ0n) is 15.8. The maximum atomic E-state index is 13.0. The Labute approximate surface area is 172 Å². The van der Waals surface area contributed by atoms with Crippen LogP contribution in [0.3, 0.4) is 0 Å². The Morgan fingerprint density at radius 1 is 1.07 bits per heavy atom. The number of hydrogen-bond donors (Lipinski definition) is 1. The van der Waals surface area contributed by atoms with Crippen LogP contribution in [0.1, 0.15) is 24.7 Å². The first-order valence-electron chi connectivity index (χ1n) is 8.72. The van der Waals surface area contributed by atoms with E-state index in [9.17, 15) is 4.79 Å². The number of thioether (sulfide) groups is 1. The summed E-state index contributed by atoms with van der Waals surface area (Å²) in [5, 5.41) is 11.2. The predicted molar refractivity (Wildman–Crippen MR) is 112 cm³/mol. The second-order valence-electron chi connectivity index (χ2n) is 6.13. The lowest BCUT2D eigenvalue weighted by molar-refractivity contribution is -0.115. The molecule has 0 aliphatic carbocycles. The standard InChI is InChI=1S/C20H21N3O3S2/c1-13(2)26-19-22-23-20(28-19)27-17(14-7-5-4-6-8-14)18(24)21-15-9-11-16(25-3)12-10-15/h4-13,17H,1-3H3,(H,21,24). The number of amides is 1. The van der Waals surface area contributed by atoms with Crippen LogP contribution >= 0.6 is 23.1 Å². The van der Waals surface area contributed by atoms with Crippen LogP contribution < -0.4 is 14.8 Å². The smallest absolute Gasteiger partial charge is 0.295 e. The molecule has 8 heteroatoms. The molecular weight excluding hydrogens is 394 g/mol. The largest absolute Gasteiger partial charge is 0.497 e. The highest BCUT2D eigenvalue weighted by molar-refractivity contribution is 8.01. The Hall–Kier alpha value is -2.58. The van der Waals surface area contributed by atoms with Crippen molar-refractivity contribution >= 4 is 34.7 Å². The van der Waals surface area contributed by atoms with Gasteiger partial charge in [0.05, 0.1) is 13.2 Å². The zero-order valence-corrected chi connectivity index (χ0v) is 17.4. The van der Waals surface area contributed by atoms with Gasteiger partial charge in [-0.2, -0.15) is 0 Å². The fourth-order valence-corrected chi connectivity index (χ4v) is 4.37. The Morgan fingerprint density at radius 3 is 2.43 bits per heavy atom. The van der Waals surface area contributed by atoms with Crippen LogP contribution in [0.5, 0.6) is 10.9 Å². The molecule has 2 aromatic carbocycles. The van der Waals surface area contributed by atoms with Crippen LogP contribution in [0.25, 0.3) is 0 Å². The fourth-order valence-electron chi connectivity index (χ4n) is 2.38. The van der Waals surface area contributed by atoms with Gasteiger partial charge in [-0.3, -0.25) is 4.79 Å². The summed E-state index contributed by atoms with van der Waals surface area (Å²) in [6, 6.07) is 16.8. The number of ether oxygens (including phenoxy) is 2. The van der Waals surface area contributed by atoms with Crippen molar-refractivity contribution in [1.29, 1.82) is 0 Å². The van der Waals surface area contributed by atoms with Crippen LogP contribution in [0.2, 0.25) is 0 Å². The molecule has 6 nitrogen and oxygen atoms in total. The molecular formula is C20H21N3O3S2. The van der Waals surface area contributed by atoms with E-state index in [1.807, 2.05) is 56.3 Å². The van der Waals surface area contributed by atoms with E-state index in [0.29, 0.717) is 15.2 Å². The van der Waals surface area contributed by atoms with Gasteiger partial charge in [-0.05, 0) is 55.0 Å². The van der Waals surface area contributed by atoms with Crippen LogP contribution in [0.4, 0.5) is 5.69 Å². The molecule has 146 valence electrons. The van der Waals surface area contributed by atoms with E-state index in [1.54, 1.807) is 19.2 Å². The van der Waals surface area contributed by atoms with Gasteiger partial charge >= 0.3 is 0 Å². The minimum Gasteiger partial charge on any atom is -0.497 e. The second-order valence-corrected chi connectivity index (χ2v) is 8.42. The Bertz CT molecular complexity index is 899. The number of nitrogens with one attached hydrogen (secondary N) is 1. The van der Waals surface area contributed by atoms with E-state index in [1.165, 1.54) is 23.1 Å². The molecule has 0 spiro atoms. The summed E-state index contributed by atoms with van der Waals surface area (Å²) < 4.78 is 11.4. The molecule has 1 aromatic heterocycles. The summed E-state index contributed by atoms with van der Waals surface area (Å²) in [6.07, 6.45) is 0.0223. The number of hydrogen-bond acceptors (Lipinski definition) is 7. The Balaban J connectivity index is 1.78. The van der Waals surface area contributed by atoms with Crippen molar-refractivity contribution in [3.63, 3.8) is 0 Å². The van der Waals surface area contributed by atoms with Crippen molar-refractivity contribution in [3.05, 3.63) is 60.2 Å². The number of nitrogens with zero attached hydrogens (tertiary/aromatic N) is 2. The molecule has 1 N–H and O–H groups in total. The molecule has 0 saturated heterocycles. The number of carbonyl (C=O) groups is 1. The topological polar surface area (TPSA) is 73.3 Å². The summed E-state index contributed by atoms with van der Waals surface area (Å²) in [5.41, 5.74) is 1.59. The molecule has 1 atom stereocenters. The van der Waals surface area contributed by atoms with Crippen LogP contribution in [-0.4, -0.2) is 29.3 Å². The number of rotatable bonds is 8. The Kier molecular flexibility index (Phi) is 6.89. The quantitative estimate of drug-likeness (QED) is 0.533. The average molecular weight is 416 g/mol. The van der Waals surface area contributed by atoms with Gasteiger partial charge in [0.15, 0.2) is 4.34 Å². The molecule has 0 fully saturated rings. The summed E-state index contributed by atoms with van der Waals surface area (Å²) in [7, 11) is 1.61. The van der Waals surface area contributed by atoms with Gasteiger partial charge in [0.25, 0.3) is 5.19 Å². The molecule has 0 radical (unpaired) electrons. The molecule has 1 amide bonds. The first-order chi connectivity index (χ1) is 13.5. The maximum Gasteiger partial charge on any atom is 0.295 e. The van der Waals surface area contributed by atoms with Gasteiger partial charge in [0.2, 0.25) is 5.91 Å². The fraction of sp³-hybridized carbons (Fsp3) is 0.250. The van der Waals surface area contributed by atoms with E-state index in [2.05, 4.69) is 15.5 Å². The minimum absolute atomic E-state index is 0.0223. The summed E-state index contributed by atoms with van der Waals surface area (Å²) in [4.78, 5) is 13.0. The summed E-state index contributed by atoms with van der Waals surface area (Å²) in [5.74, 6) is 0.599. The average Bonchev–Trinajstić information content (AvgIpc) is 3.13. The van der Waals surface area contributed by atoms with Gasteiger partial charge in [0.1, 0.15) is 11.0 Å². The first-order valence-corrected chi connectivity index (χ1v) is 10.4. The lowest BCUT2D eigenvalue weighted by Crippen LogP contribution is -2.19. The van der Waals surface area contributed by atoms with Gasteiger partial charge < -0.3 is 14.8 Å². The van der Waals surface area contributed by atoms with Gasteiger partial charge in [-0.25, -0.2) is 0 Å². The van der Waals surface area contributed by atoms with E-state index in [0.717, 1.165) is 11.3 Å². The molecule has 3 aromatic rings. The normalized spacial score (nSPS) is 11.9. The zero-order chi connectivity index (χ0) is 19.9. The predicted octanol–water partition coefficient (Wildman–Crippen LogP) is 4.81. The van der Waals surface area contributed by atoms with Crippen molar-refractivity contribution in [2.75, 3.05) is 12.4 Å². The third-order valence-corrected chi connectivity index (χ3v) is 5.79. The highest BCUT2D eigenvalue weighted by Gasteiger charge is 2.24. The van der Waals surface area contributed by atoms with Gasteiger partial charge in [0, 0.05) is 5.69 Å². The SMILES string of the molecule is COc1ccc(NC(=O)C(Sc2nnc(OC(C)C)s2)c2ccccc2)cc1. The van der Waals surface area contributed by atoms with Crippen molar-refractivity contribution < 1.29 is 14.3 Å². The first kappa shape index (κ1) is 20.2. The number of methoxy groups -OCH3 is 1. The minimum atomic E-state index is -0.469. The van der Waals surface area contributed by atoms with Crippen LogP contribution in [0, 0.1) is 0 Å². The van der Waals surface area contributed by atoms with E-state index in [4.69, 9.17) is 9.47 Å². The van der Waals surface area contributed by atoms with Crippen LogP contribution in [-0.2, 0) is 4.79 Å². The Morgan fingerprint density at radius 2 is 1.79 bits per heavy atom. The molecule has 28 heavy (non-hydrogen) atoms. The van der Waals surface area contributed by atoms with Crippen LogP contribution in [0.15, 0.2) is 58.9 Å². The van der Waals surface area contributed by atoms with E-state index < -0.39 is 5.25 Å². The van der Waals surface area contributed by atoms with Gasteiger partial charge in [-0.15, -0.1) is 5.10 Å². The summed E-state index contributed by atoms with van der Waals surface area (Å²) >= 11 is 2.69. The number of aromatic nitrogens is 2. The third kappa shape index (κ3) is 5.46. The third-order valence-electron chi connectivity index (χ3n) is 3.64.